The molecule has 0 aliphatic heterocycles. The lowest BCUT2D eigenvalue weighted by Gasteiger charge is -2.03. The molecular weight excluding hydrogens is 257 g/mol. The van der Waals surface area contributed by atoms with Gasteiger partial charge in [-0.2, -0.15) is 5.10 Å². The molecule has 1 aromatic rings. The predicted molar refractivity (Wildman–Crippen MR) is 75.0 cm³/mol. The Labute approximate surface area is 112 Å². The first-order valence-electron chi connectivity index (χ1n) is 5.27. The van der Waals surface area contributed by atoms with Crippen LogP contribution in [0.5, 0.6) is 0 Å². The first-order chi connectivity index (χ1) is 8.09. The van der Waals surface area contributed by atoms with Crippen molar-refractivity contribution in [3.63, 3.8) is 0 Å². The Morgan fingerprint density at radius 3 is 2.59 bits per heavy atom. The standard InChI is InChI=1S/C12H15Cl2N3/c1-9(12(14)17-16-10(2)13)15-8-11-6-4-3-5-7-11/h3-7,10,16H,8H2,1-2H3. The number of aliphatic imine (C=N–C) groups is 1. The smallest absolute Gasteiger partial charge is 0.169 e. The van der Waals surface area contributed by atoms with Crippen LogP contribution in [0.2, 0.25) is 0 Å². The van der Waals surface area contributed by atoms with Gasteiger partial charge in [0, 0.05) is 0 Å². The molecule has 0 radical (unpaired) electrons. The van der Waals surface area contributed by atoms with Crippen LogP contribution < -0.4 is 5.43 Å². The lowest BCUT2D eigenvalue weighted by molar-refractivity contribution is 0.730. The number of hydrazone groups is 1. The summed E-state index contributed by atoms with van der Waals surface area (Å²) in [5.41, 5.74) is 4.22. The van der Waals surface area contributed by atoms with E-state index >= 15 is 0 Å². The highest BCUT2D eigenvalue weighted by atomic mass is 35.5. The zero-order valence-electron chi connectivity index (χ0n) is 9.82. The third-order valence-electron chi connectivity index (χ3n) is 1.98. The summed E-state index contributed by atoms with van der Waals surface area (Å²) < 4.78 is 0. The van der Waals surface area contributed by atoms with E-state index in [0.717, 1.165) is 5.56 Å². The number of alkyl halides is 1. The molecule has 0 heterocycles. The minimum absolute atomic E-state index is 0.259. The van der Waals surface area contributed by atoms with Gasteiger partial charge in [0.2, 0.25) is 0 Å². The third-order valence-corrected chi connectivity index (χ3v) is 2.44. The lowest BCUT2D eigenvalue weighted by Crippen LogP contribution is -2.17. The molecule has 92 valence electrons. The molecule has 1 aromatic carbocycles. The van der Waals surface area contributed by atoms with Crippen molar-refractivity contribution >= 4 is 34.1 Å². The Kier molecular flexibility index (Phi) is 6.01. The molecule has 0 aliphatic rings. The average molecular weight is 272 g/mol. The second-order valence-electron chi connectivity index (χ2n) is 3.53. The Balaban J connectivity index is 2.57. The Morgan fingerprint density at radius 2 is 2.00 bits per heavy atom. The quantitative estimate of drug-likeness (QED) is 0.379. The van der Waals surface area contributed by atoms with E-state index in [1.54, 1.807) is 6.92 Å². The molecule has 0 saturated carbocycles. The molecule has 0 bridgehead atoms. The molecule has 17 heavy (non-hydrogen) atoms. The second-order valence-corrected chi connectivity index (χ2v) is 4.55. The van der Waals surface area contributed by atoms with Crippen LogP contribution in [0.4, 0.5) is 0 Å². The number of hydrogen-bond donors (Lipinski definition) is 1. The number of benzene rings is 1. The van der Waals surface area contributed by atoms with E-state index in [1.165, 1.54) is 0 Å². The van der Waals surface area contributed by atoms with Crippen molar-refractivity contribution in [2.45, 2.75) is 25.9 Å². The molecule has 0 aliphatic carbocycles. The topological polar surface area (TPSA) is 36.8 Å². The van der Waals surface area contributed by atoms with Crippen molar-refractivity contribution < 1.29 is 0 Å². The van der Waals surface area contributed by atoms with Gasteiger partial charge in [-0.25, -0.2) is 0 Å². The van der Waals surface area contributed by atoms with E-state index in [4.69, 9.17) is 23.2 Å². The molecule has 1 unspecified atom stereocenters. The highest BCUT2D eigenvalue weighted by molar-refractivity contribution is 6.83. The van der Waals surface area contributed by atoms with E-state index in [-0.39, 0.29) is 5.50 Å². The highest BCUT2D eigenvalue weighted by Gasteiger charge is 2.00. The van der Waals surface area contributed by atoms with Crippen molar-refractivity contribution in [3.05, 3.63) is 35.9 Å². The fraction of sp³-hybridized carbons (Fsp3) is 0.333. The highest BCUT2D eigenvalue weighted by Crippen LogP contribution is 2.02. The number of rotatable bonds is 5. The monoisotopic (exact) mass is 271 g/mol. The summed E-state index contributed by atoms with van der Waals surface area (Å²) >= 11 is 11.6. The van der Waals surface area contributed by atoms with Gasteiger partial charge in [0.25, 0.3) is 0 Å². The van der Waals surface area contributed by atoms with E-state index in [2.05, 4.69) is 15.5 Å². The zero-order chi connectivity index (χ0) is 12.7. The molecule has 5 heteroatoms. The molecule has 0 amide bonds. The van der Waals surface area contributed by atoms with Crippen molar-refractivity contribution in [1.29, 1.82) is 0 Å². The number of nitrogens with one attached hydrogen (secondary N) is 1. The van der Waals surface area contributed by atoms with Crippen LogP contribution in [-0.2, 0) is 6.54 Å². The van der Waals surface area contributed by atoms with Gasteiger partial charge in [0.15, 0.2) is 5.17 Å². The van der Waals surface area contributed by atoms with Crippen LogP contribution >= 0.6 is 23.2 Å². The summed E-state index contributed by atoms with van der Waals surface area (Å²) in [5.74, 6) is 0. The maximum atomic E-state index is 5.94. The van der Waals surface area contributed by atoms with E-state index in [1.807, 2.05) is 37.3 Å². The van der Waals surface area contributed by atoms with Gasteiger partial charge in [-0.15, -0.1) is 0 Å². The molecule has 0 fully saturated rings. The van der Waals surface area contributed by atoms with Crippen molar-refractivity contribution in [2.24, 2.45) is 10.1 Å². The minimum Gasteiger partial charge on any atom is -0.291 e. The number of halogens is 2. The minimum atomic E-state index is -0.259. The maximum Gasteiger partial charge on any atom is 0.169 e. The van der Waals surface area contributed by atoms with Gasteiger partial charge in [0.05, 0.1) is 12.3 Å². The normalized spacial score (nSPS) is 14.6. The Morgan fingerprint density at radius 1 is 1.35 bits per heavy atom. The first-order valence-corrected chi connectivity index (χ1v) is 6.09. The van der Waals surface area contributed by atoms with Crippen molar-refractivity contribution in [2.75, 3.05) is 0 Å². The molecule has 3 nitrogen and oxygen atoms in total. The molecule has 1 rings (SSSR count). The summed E-state index contributed by atoms with van der Waals surface area (Å²) in [7, 11) is 0. The first kappa shape index (κ1) is 14.0. The lowest BCUT2D eigenvalue weighted by atomic mass is 10.2. The molecule has 0 spiro atoms. The van der Waals surface area contributed by atoms with Gasteiger partial charge < -0.3 is 0 Å². The fourth-order valence-electron chi connectivity index (χ4n) is 1.09. The summed E-state index contributed by atoms with van der Waals surface area (Å²) in [6, 6.07) is 9.96. The zero-order valence-corrected chi connectivity index (χ0v) is 11.3. The van der Waals surface area contributed by atoms with Gasteiger partial charge in [-0.05, 0) is 19.4 Å². The van der Waals surface area contributed by atoms with Crippen LogP contribution in [0.1, 0.15) is 19.4 Å². The van der Waals surface area contributed by atoms with Crippen LogP contribution in [0.25, 0.3) is 0 Å². The Hall–Kier alpha value is -1.06. The van der Waals surface area contributed by atoms with E-state index < -0.39 is 0 Å². The summed E-state index contributed by atoms with van der Waals surface area (Å²) in [5, 5.41) is 4.23. The predicted octanol–water partition coefficient (Wildman–Crippen LogP) is 3.37. The second kappa shape index (κ2) is 7.30. The number of nitrogens with zero attached hydrogens (tertiary/aromatic N) is 2. The van der Waals surface area contributed by atoms with Crippen LogP contribution in [0, 0.1) is 0 Å². The number of hydrogen-bond acceptors (Lipinski definition) is 3. The molecule has 1 N–H and O–H groups in total. The molecule has 1 atom stereocenters. The third kappa shape index (κ3) is 5.71. The largest absolute Gasteiger partial charge is 0.291 e. The van der Waals surface area contributed by atoms with E-state index in [0.29, 0.717) is 17.4 Å². The molecular formula is C12H15Cl2N3. The summed E-state index contributed by atoms with van der Waals surface area (Å²) in [6.45, 7) is 4.18. The molecule has 0 saturated heterocycles. The van der Waals surface area contributed by atoms with Crippen LogP contribution in [0.3, 0.4) is 0 Å². The summed E-state index contributed by atoms with van der Waals surface area (Å²) in [4.78, 5) is 4.34. The average Bonchev–Trinajstić information content (AvgIpc) is 2.34. The maximum absolute atomic E-state index is 5.94. The van der Waals surface area contributed by atoms with Gasteiger partial charge in [-0.3, -0.25) is 10.4 Å². The molecule has 0 aromatic heterocycles. The van der Waals surface area contributed by atoms with Crippen molar-refractivity contribution in [3.8, 4) is 0 Å². The van der Waals surface area contributed by atoms with Gasteiger partial charge in [-0.1, -0.05) is 53.5 Å². The van der Waals surface area contributed by atoms with Gasteiger partial charge >= 0.3 is 0 Å². The van der Waals surface area contributed by atoms with Crippen molar-refractivity contribution in [1.82, 2.24) is 5.43 Å². The van der Waals surface area contributed by atoms with Crippen LogP contribution in [0.15, 0.2) is 40.4 Å². The van der Waals surface area contributed by atoms with E-state index in [9.17, 15) is 0 Å². The SMILES string of the molecule is CC(=NCc1ccccc1)C(Cl)=NNC(C)Cl. The van der Waals surface area contributed by atoms with Gasteiger partial charge in [0.1, 0.15) is 5.50 Å². The van der Waals surface area contributed by atoms with Crippen LogP contribution in [-0.4, -0.2) is 16.4 Å². The Bertz CT molecular complexity index is 399. The fourth-order valence-corrected chi connectivity index (χ4v) is 1.24. The summed E-state index contributed by atoms with van der Waals surface area (Å²) in [6.07, 6.45) is 0.